The number of hydrogen-bond donors (Lipinski definition) is 1. The molecule has 1 aliphatic heterocycles. The van der Waals surface area contributed by atoms with Gasteiger partial charge in [-0.15, -0.1) is 0 Å². The van der Waals surface area contributed by atoms with Gasteiger partial charge in [0.05, 0.1) is 0 Å². The fourth-order valence-corrected chi connectivity index (χ4v) is 2.63. The molecule has 4 heteroatoms. The minimum Gasteiger partial charge on any atom is -0.399 e. The molecular formula is C15H18N4. The summed E-state index contributed by atoms with van der Waals surface area (Å²) < 4.78 is 0. The Bertz CT molecular complexity index is 601. The largest absolute Gasteiger partial charge is 0.399 e. The Morgan fingerprint density at radius 3 is 2.74 bits per heavy atom. The zero-order valence-electron chi connectivity index (χ0n) is 11.3. The molecule has 0 saturated carbocycles. The number of hydrogen-bond acceptors (Lipinski definition) is 4. The SMILES string of the molecule is Cc1cc(N2CCc3ccc(N)cc3C2)nc(C)n1. The first-order valence-electron chi connectivity index (χ1n) is 6.56. The smallest absolute Gasteiger partial charge is 0.132 e. The molecule has 0 atom stereocenters. The van der Waals surface area contributed by atoms with Crippen molar-refractivity contribution in [1.82, 2.24) is 9.97 Å². The second-order valence-corrected chi connectivity index (χ2v) is 5.11. The van der Waals surface area contributed by atoms with Gasteiger partial charge in [0.1, 0.15) is 11.6 Å². The van der Waals surface area contributed by atoms with E-state index in [2.05, 4.69) is 27.0 Å². The van der Waals surface area contributed by atoms with Crippen molar-refractivity contribution in [1.29, 1.82) is 0 Å². The first-order chi connectivity index (χ1) is 9.11. The highest BCUT2D eigenvalue weighted by Gasteiger charge is 2.18. The van der Waals surface area contributed by atoms with Crippen molar-refractivity contribution in [3.8, 4) is 0 Å². The molecule has 2 N–H and O–H groups in total. The second kappa shape index (κ2) is 4.53. The lowest BCUT2D eigenvalue weighted by Crippen LogP contribution is -2.31. The lowest BCUT2D eigenvalue weighted by molar-refractivity contribution is 0.716. The molecule has 4 nitrogen and oxygen atoms in total. The summed E-state index contributed by atoms with van der Waals surface area (Å²) >= 11 is 0. The first-order valence-corrected chi connectivity index (χ1v) is 6.56. The van der Waals surface area contributed by atoms with Crippen molar-refractivity contribution in [3.63, 3.8) is 0 Å². The van der Waals surface area contributed by atoms with Crippen molar-refractivity contribution >= 4 is 11.5 Å². The third-order valence-electron chi connectivity index (χ3n) is 3.52. The van der Waals surface area contributed by atoms with E-state index in [1.807, 2.05) is 26.0 Å². The van der Waals surface area contributed by atoms with Crippen LogP contribution >= 0.6 is 0 Å². The zero-order valence-corrected chi connectivity index (χ0v) is 11.3. The maximum atomic E-state index is 5.87. The third kappa shape index (κ3) is 2.38. The number of aryl methyl sites for hydroxylation is 2. The normalized spacial score (nSPS) is 14.3. The molecule has 0 saturated heterocycles. The zero-order chi connectivity index (χ0) is 13.4. The Labute approximate surface area is 113 Å². The highest BCUT2D eigenvalue weighted by atomic mass is 15.2. The predicted octanol–water partition coefficient (Wildman–Crippen LogP) is 2.24. The minimum atomic E-state index is 0.827. The summed E-state index contributed by atoms with van der Waals surface area (Å²) in [6, 6.07) is 8.23. The summed E-state index contributed by atoms with van der Waals surface area (Å²) in [5, 5.41) is 0. The molecule has 1 aliphatic rings. The second-order valence-electron chi connectivity index (χ2n) is 5.11. The number of nitrogens with two attached hydrogens (primary N) is 1. The van der Waals surface area contributed by atoms with Crippen molar-refractivity contribution in [2.45, 2.75) is 26.8 Å². The van der Waals surface area contributed by atoms with Crippen LogP contribution in [0.15, 0.2) is 24.3 Å². The van der Waals surface area contributed by atoms with E-state index in [1.54, 1.807) is 0 Å². The summed E-state index contributed by atoms with van der Waals surface area (Å²) in [5.74, 6) is 1.84. The van der Waals surface area contributed by atoms with Gasteiger partial charge in [-0.25, -0.2) is 9.97 Å². The molecule has 2 aromatic rings. The maximum absolute atomic E-state index is 5.87. The molecule has 1 aromatic heterocycles. The Morgan fingerprint density at radius 1 is 1.11 bits per heavy atom. The van der Waals surface area contributed by atoms with Crippen LogP contribution < -0.4 is 10.6 Å². The van der Waals surface area contributed by atoms with E-state index in [-0.39, 0.29) is 0 Å². The molecular weight excluding hydrogens is 236 g/mol. The number of benzene rings is 1. The lowest BCUT2D eigenvalue weighted by atomic mass is 9.99. The van der Waals surface area contributed by atoms with Gasteiger partial charge < -0.3 is 10.6 Å². The number of nitrogen functional groups attached to an aromatic ring is 1. The van der Waals surface area contributed by atoms with Gasteiger partial charge in [0.25, 0.3) is 0 Å². The number of nitrogens with zero attached hydrogens (tertiary/aromatic N) is 3. The highest BCUT2D eigenvalue weighted by molar-refractivity contribution is 5.50. The molecule has 0 radical (unpaired) electrons. The molecule has 3 rings (SSSR count). The molecule has 1 aromatic carbocycles. The van der Waals surface area contributed by atoms with Crippen molar-refractivity contribution in [2.75, 3.05) is 17.2 Å². The minimum absolute atomic E-state index is 0.827. The van der Waals surface area contributed by atoms with Gasteiger partial charge in [0, 0.05) is 30.5 Å². The Morgan fingerprint density at radius 2 is 1.95 bits per heavy atom. The van der Waals surface area contributed by atoms with E-state index in [1.165, 1.54) is 11.1 Å². The fraction of sp³-hybridized carbons (Fsp3) is 0.333. The van der Waals surface area contributed by atoms with Crippen LogP contribution in [0.4, 0.5) is 11.5 Å². The van der Waals surface area contributed by atoms with E-state index in [0.717, 1.165) is 42.5 Å². The Kier molecular flexibility index (Phi) is 2.85. The lowest BCUT2D eigenvalue weighted by Gasteiger charge is -2.30. The first kappa shape index (κ1) is 12.0. The molecule has 2 heterocycles. The predicted molar refractivity (Wildman–Crippen MR) is 77.1 cm³/mol. The van der Waals surface area contributed by atoms with Gasteiger partial charge in [-0.1, -0.05) is 6.07 Å². The number of anilines is 2. The van der Waals surface area contributed by atoms with Gasteiger partial charge in [-0.3, -0.25) is 0 Å². The van der Waals surface area contributed by atoms with Crippen LogP contribution in [0.25, 0.3) is 0 Å². The third-order valence-corrected chi connectivity index (χ3v) is 3.52. The Balaban J connectivity index is 1.92. The average molecular weight is 254 g/mol. The summed E-state index contributed by atoms with van der Waals surface area (Å²) in [7, 11) is 0. The van der Waals surface area contributed by atoms with Crippen LogP contribution in [-0.4, -0.2) is 16.5 Å². The van der Waals surface area contributed by atoms with E-state index in [4.69, 9.17) is 5.73 Å². The van der Waals surface area contributed by atoms with Gasteiger partial charge in [-0.2, -0.15) is 0 Å². The summed E-state index contributed by atoms with van der Waals surface area (Å²) in [6.45, 7) is 5.81. The molecule has 0 unspecified atom stereocenters. The quantitative estimate of drug-likeness (QED) is 0.793. The Hall–Kier alpha value is -2.10. The van der Waals surface area contributed by atoms with Crippen LogP contribution in [0, 0.1) is 13.8 Å². The summed E-state index contributed by atoms with van der Waals surface area (Å²) in [6.07, 6.45) is 1.04. The van der Waals surface area contributed by atoms with E-state index in [9.17, 15) is 0 Å². The molecule has 0 spiro atoms. The fourth-order valence-electron chi connectivity index (χ4n) is 2.63. The van der Waals surface area contributed by atoms with Crippen molar-refractivity contribution in [3.05, 3.63) is 46.9 Å². The average Bonchev–Trinajstić information content (AvgIpc) is 2.36. The monoisotopic (exact) mass is 254 g/mol. The maximum Gasteiger partial charge on any atom is 0.132 e. The van der Waals surface area contributed by atoms with Crippen LogP contribution in [0.2, 0.25) is 0 Å². The van der Waals surface area contributed by atoms with E-state index >= 15 is 0 Å². The van der Waals surface area contributed by atoms with Gasteiger partial charge in [0.15, 0.2) is 0 Å². The topological polar surface area (TPSA) is 55.0 Å². The molecule has 19 heavy (non-hydrogen) atoms. The molecule has 0 amide bonds. The molecule has 0 bridgehead atoms. The standard InChI is InChI=1S/C15H18N4/c1-10-7-15(18-11(2)17-10)19-6-5-12-3-4-14(16)8-13(12)9-19/h3-4,7-8H,5-6,9,16H2,1-2H3. The number of aromatic nitrogens is 2. The van der Waals surface area contributed by atoms with Crippen molar-refractivity contribution < 1.29 is 0 Å². The van der Waals surface area contributed by atoms with Crippen LogP contribution in [-0.2, 0) is 13.0 Å². The van der Waals surface area contributed by atoms with E-state index in [0.29, 0.717) is 0 Å². The number of fused-ring (bicyclic) bond motifs is 1. The molecule has 0 aliphatic carbocycles. The molecule has 0 fully saturated rings. The number of rotatable bonds is 1. The molecule has 98 valence electrons. The summed E-state index contributed by atoms with van der Waals surface area (Å²) in [4.78, 5) is 11.2. The summed E-state index contributed by atoms with van der Waals surface area (Å²) in [5.41, 5.74) is 10.4. The highest BCUT2D eigenvalue weighted by Crippen LogP contribution is 2.25. The van der Waals surface area contributed by atoms with Crippen LogP contribution in [0.5, 0.6) is 0 Å². The van der Waals surface area contributed by atoms with Crippen molar-refractivity contribution in [2.24, 2.45) is 0 Å². The van der Waals surface area contributed by atoms with E-state index < -0.39 is 0 Å². The van der Waals surface area contributed by atoms with Gasteiger partial charge >= 0.3 is 0 Å². The van der Waals surface area contributed by atoms with Gasteiger partial charge in [-0.05, 0) is 43.5 Å². The van der Waals surface area contributed by atoms with Gasteiger partial charge in [0.2, 0.25) is 0 Å². The van der Waals surface area contributed by atoms with Crippen LogP contribution in [0.1, 0.15) is 22.6 Å². The van der Waals surface area contributed by atoms with Crippen LogP contribution in [0.3, 0.4) is 0 Å².